The SMILES string of the molecule is CCOC(=O)C(C(=O)OCC)=C1CC[C@@H](C)[C@@H]1CSc1ccccc1. The molecule has 0 aliphatic heterocycles. The van der Waals surface area contributed by atoms with Gasteiger partial charge in [0, 0.05) is 10.6 Å². The molecule has 5 heteroatoms. The highest BCUT2D eigenvalue weighted by Crippen LogP contribution is 2.41. The fourth-order valence-electron chi connectivity index (χ4n) is 3.14. The van der Waals surface area contributed by atoms with Crippen LogP contribution in [-0.2, 0) is 19.1 Å². The molecule has 0 heterocycles. The Balaban J connectivity index is 2.26. The van der Waals surface area contributed by atoms with Crippen LogP contribution in [0.5, 0.6) is 0 Å². The van der Waals surface area contributed by atoms with Crippen molar-refractivity contribution in [2.45, 2.75) is 38.5 Å². The highest BCUT2D eigenvalue weighted by Gasteiger charge is 2.36. The van der Waals surface area contributed by atoms with Crippen LogP contribution in [0.15, 0.2) is 46.4 Å². The van der Waals surface area contributed by atoms with Gasteiger partial charge in [-0.1, -0.05) is 25.1 Å². The van der Waals surface area contributed by atoms with Crippen molar-refractivity contribution in [2.24, 2.45) is 11.8 Å². The molecular formula is C20H26O4S. The third-order valence-corrected chi connectivity index (χ3v) is 5.59. The lowest BCUT2D eigenvalue weighted by atomic mass is 9.93. The van der Waals surface area contributed by atoms with Crippen molar-refractivity contribution in [3.05, 3.63) is 41.5 Å². The number of hydrogen-bond acceptors (Lipinski definition) is 5. The Bertz CT molecular complexity index is 604. The van der Waals surface area contributed by atoms with E-state index in [1.165, 1.54) is 4.90 Å². The summed E-state index contributed by atoms with van der Waals surface area (Å²) >= 11 is 1.75. The normalized spacial score (nSPS) is 19.6. The summed E-state index contributed by atoms with van der Waals surface area (Å²) in [5.41, 5.74) is 1.01. The largest absolute Gasteiger partial charge is 0.462 e. The number of hydrogen-bond donors (Lipinski definition) is 0. The summed E-state index contributed by atoms with van der Waals surface area (Å²) in [6, 6.07) is 10.2. The second-order valence-corrected chi connectivity index (χ2v) is 7.18. The Kier molecular flexibility index (Phi) is 7.56. The number of ether oxygens (including phenoxy) is 2. The second-order valence-electron chi connectivity index (χ2n) is 6.09. The van der Waals surface area contributed by atoms with E-state index in [1.54, 1.807) is 25.6 Å². The van der Waals surface area contributed by atoms with Crippen LogP contribution in [0.3, 0.4) is 0 Å². The maximum absolute atomic E-state index is 12.4. The summed E-state index contributed by atoms with van der Waals surface area (Å²) in [7, 11) is 0. The monoisotopic (exact) mass is 362 g/mol. The van der Waals surface area contributed by atoms with Crippen LogP contribution in [0.1, 0.15) is 33.6 Å². The van der Waals surface area contributed by atoms with Gasteiger partial charge in [-0.3, -0.25) is 0 Å². The predicted molar refractivity (Wildman–Crippen MR) is 99.3 cm³/mol. The van der Waals surface area contributed by atoms with Crippen molar-refractivity contribution in [1.82, 2.24) is 0 Å². The first-order chi connectivity index (χ1) is 12.1. The molecule has 0 unspecified atom stereocenters. The van der Waals surface area contributed by atoms with Crippen molar-refractivity contribution < 1.29 is 19.1 Å². The Labute approximate surface area is 154 Å². The van der Waals surface area contributed by atoms with Gasteiger partial charge in [0.15, 0.2) is 0 Å². The van der Waals surface area contributed by atoms with Gasteiger partial charge in [0.05, 0.1) is 13.2 Å². The maximum atomic E-state index is 12.4. The van der Waals surface area contributed by atoms with E-state index in [9.17, 15) is 9.59 Å². The Morgan fingerprint density at radius 2 is 1.68 bits per heavy atom. The lowest BCUT2D eigenvalue weighted by Gasteiger charge is -2.19. The standard InChI is InChI=1S/C20H26O4S/c1-4-23-19(21)18(20(22)24-5-2)16-12-11-14(3)17(16)13-25-15-9-7-6-8-10-15/h6-10,14,17H,4-5,11-13H2,1-3H3/t14-,17+/m1/s1. The molecule has 0 aromatic heterocycles. The molecule has 1 fully saturated rings. The van der Waals surface area contributed by atoms with E-state index in [-0.39, 0.29) is 24.7 Å². The van der Waals surface area contributed by atoms with Crippen LogP contribution in [-0.4, -0.2) is 30.9 Å². The number of thioether (sulfide) groups is 1. The van der Waals surface area contributed by atoms with Gasteiger partial charge in [-0.25, -0.2) is 9.59 Å². The summed E-state index contributed by atoms with van der Waals surface area (Å²) in [6.45, 7) is 6.15. The van der Waals surface area contributed by atoms with E-state index < -0.39 is 11.9 Å². The molecule has 1 aliphatic rings. The quantitative estimate of drug-likeness (QED) is 0.239. The molecule has 2 atom stereocenters. The first kappa shape index (κ1) is 19.6. The van der Waals surface area contributed by atoms with Crippen molar-refractivity contribution in [1.29, 1.82) is 0 Å². The number of benzene rings is 1. The molecule has 0 spiro atoms. The highest BCUT2D eigenvalue weighted by atomic mass is 32.2. The lowest BCUT2D eigenvalue weighted by Crippen LogP contribution is -2.23. The molecule has 0 N–H and O–H groups in total. The first-order valence-corrected chi connectivity index (χ1v) is 9.82. The first-order valence-electron chi connectivity index (χ1n) is 8.83. The minimum absolute atomic E-state index is 0.117. The number of carbonyl (C=O) groups excluding carboxylic acids is 2. The van der Waals surface area contributed by atoms with Gasteiger partial charge < -0.3 is 9.47 Å². The van der Waals surface area contributed by atoms with Gasteiger partial charge in [-0.2, -0.15) is 0 Å². The third kappa shape index (κ3) is 5.11. The molecule has 2 rings (SSSR count). The average Bonchev–Trinajstić information content (AvgIpc) is 2.95. The molecule has 0 amide bonds. The van der Waals surface area contributed by atoms with E-state index in [2.05, 4.69) is 19.1 Å². The van der Waals surface area contributed by atoms with Gasteiger partial charge in [-0.05, 0) is 56.2 Å². The van der Waals surface area contributed by atoms with Crippen LogP contribution in [0, 0.1) is 11.8 Å². The van der Waals surface area contributed by atoms with E-state index in [4.69, 9.17) is 9.47 Å². The molecule has 25 heavy (non-hydrogen) atoms. The smallest absolute Gasteiger partial charge is 0.345 e. The lowest BCUT2D eigenvalue weighted by molar-refractivity contribution is -0.146. The molecule has 1 aliphatic carbocycles. The Hall–Kier alpha value is -1.75. The topological polar surface area (TPSA) is 52.6 Å². The van der Waals surface area contributed by atoms with Gasteiger partial charge in [0.25, 0.3) is 0 Å². The van der Waals surface area contributed by atoms with Gasteiger partial charge in [-0.15, -0.1) is 11.8 Å². The van der Waals surface area contributed by atoms with Crippen LogP contribution in [0.25, 0.3) is 0 Å². The zero-order chi connectivity index (χ0) is 18.2. The molecule has 0 bridgehead atoms. The summed E-state index contributed by atoms with van der Waals surface area (Å²) in [5, 5.41) is 0. The zero-order valence-corrected chi connectivity index (χ0v) is 15.9. The van der Waals surface area contributed by atoms with Gasteiger partial charge >= 0.3 is 11.9 Å². The van der Waals surface area contributed by atoms with Crippen LogP contribution >= 0.6 is 11.8 Å². The van der Waals surface area contributed by atoms with Crippen molar-refractivity contribution >= 4 is 23.7 Å². The van der Waals surface area contributed by atoms with E-state index >= 15 is 0 Å². The average molecular weight is 362 g/mol. The molecule has 1 aromatic carbocycles. The number of esters is 2. The number of carbonyl (C=O) groups is 2. The summed E-state index contributed by atoms with van der Waals surface area (Å²) in [5.74, 6) is 0.321. The summed E-state index contributed by atoms with van der Waals surface area (Å²) in [6.07, 6.45) is 1.71. The van der Waals surface area contributed by atoms with Crippen LogP contribution in [0.2, 0.25) is 0 Å². The van der Waals surface area contributed by atoms with E-state index in [0.717, 1.165) is 24.2 Å². The highest BCUT2D eigenvalue weighted by molar-refractivity contribution is 7.99. The molecule has 1 saturated carbocycles. The molecular weight excluding hydrogens is 336 g/mol. The fraction of sp³-hybridized carbons (Fsp3) is 0.500. The minimum Gasteiger partial charge on any atom is -0.462 e. The van der Waals surface area contributed by atoms with Crippen molar-refractivity contribution in [3.8, 4) is 0 Å². The predicted octanol–water partition coefficient (Wildman–Crippen LogP) is 4.25. The second kappa shape index (κ2) is 9.66. The fourth-order valence-corrected chi connectivity index (χ4v) is 4.39. The number of allylic oxidation sites excluding steroid dienone is 1. The third-order valence-electron chi connectivity index (χ3n) is 4.46. The van der Waals surface area contributed by atoms with E-state index in [0.29, 0.717) is 5.92 Å². The molecule has 0 radical (unpaired) electrons. The molecule has 0 saturated heterocycles. The molecule has 4 nitrogen and oxygen atoms in total. The van der Waals surface area contributed by atoms with Crippen LogP contribution in [0.4, 0.5) is 0 Å². The molecule has 1 aromatic rings. The summed E-state index contributed by atoms with van der Waals surface area (Å²) < 4.78 is 10.3. The maximum Gasteiger partial charge on any atom is 0.345 e. The Morgan fingerprint density at radius 1 is 1.08 bits per heavy atom. The van der Waals surface area contributed by atoms with E-state index in [1.807, 2.05) is 18.2 Å². The minimum atomic E-state index is -0.556. The number of rotatable bonds is 7. The molecule has 136 valence electrons. The van der Waals surface area contributed by atoms with Gasteiger partial charge in [0.1, 0.15) is 5.57 Å². The summed E-state index contributed by atoms with van der Waals surface area (Å²) in [4.78, 5) is 26.0. The zero-order valence-electron chi connectivity index (χ0n) is 15.1. The van der Waals surface area contributed by atoms with Crippen molar-refractivity contribution in [2.75, 3.05) is 19.0 Å². The van der Waals surface area contributed by atoms with Crippen LogP contribution < -0.4 is 0 Å². The van der Waals surface area contributed by atoms with Gasteiger partial charge in [0.2, 0.25) is 0 Å². The van der Waals surface area contributed by atoms with Crippen molar-refractivity contribution in [3.63, 3.8) is 0 Å². The Morgan fingerprint density at radius 3 is 2.24 bits per heavy atom.